The first kappa shape index (κ1) is 25.0. The molecule has 0 saturated carbocycles. The van der Waals surface area contributed by atoms with Crippen LogP contribution in [0.3, 0.4) is 0 Å². The number of aromatic nitrogens is 3. The van der Waals surface area contributed by atoms with Crippen LogP contribution in [-0.2, 0) is 6.54 Å². The van der Waals surface area contributed by atoms with E-state index in [9.17, 15) is 5.11 Å². The Morgan fingerprint density at radius 1 is 1.16 bits per heavy atom. The molecule has 0 saturated heterocycles. The number of rotatable bonds is 10. The zero-order valence-corrected chi connectivity index (χ0v) is 21.7. The van der Waals surface area contributed by atoms with Gasteiger partial charge in [0.05, 0.1) is 25.8 Å². The molecule has 5 rings (SSSR count). The first-order valence-corrected chi connectivity index (χ1v) is 13.1. The van der Waals surface area contributed by atoms with Crippen molar-refractivity contribution in [2.45, 2.75) is 32.7 Å². The number of para-hydroxylation sites is 1. The van der Waals surface area contributed by atoms with Gasteiger partial charge >= 0.3 is 0 Å². The van der Waals surface area contributed by atoms with E-state index in [0.717, 1.165) is 78.0 Å². The number of unbranched alkanes of at least 4 members (excludes halogenated alkanes) is 1. The summed E-state index contributed by atoms with van der Waals surface area (Å²) in [6.07, 6.45) is 5.43. The lowest BCUT2D eigenvalue weighted by Crippen LogP contribution is -2.32. The van der Waals surface area contributed by atoms with Crippen LogP contribution in [0, 0.1) is 0 Å². The monoisotopic (exact) mass is 500 g/mol. The SMILES string of the molecule is CCCCNc1nc(N)nc2c3ccccc3n(Cc3cc(C4=CCCN(CCO)C4)ccc3OC)c12. The fourth-order valence-corrected chi connectivity index (χ4v) is 5.24. The summed E-state index contributed by atoms with van der Waals surface area (Å²) in [5, 5.41) is 14.0. The van der Waals surface area contributed by atoms with E-state index in [4.69, 9.17) is 10.5 Å². The first-order valence-electron chi connectivity index (χ1n) is 13.1. The number of nitrogen functional groups attached to an aromatic ring is 1. The van der Waals surface area contributed by atoms with Gasteiger partial charge in [-0.2, -0.15) is 4.98 Å². The number of nitrogens with one attached hydrogen (secondary N) is 1. The number of β-amino-alcohol motifs (C(OH)–C–C–N with tert-alkyl or cyclic N) is 1. The average molecular weight is 501 g/mol. The maximum absolute atomic E-state index is 9.41. The highest BCUT2D eigenvalue weighted by Gasteiger charge is 2.20. The van der Waals surface area contributed by atoms with Crippen molar-refractivity contribution in [1.82, 2.24) is 19.4 Å². The molecular weight excluding hydrogens is 464 g/mol. The molecule has 0 fully saturated rings. The van der Waals surface area contributed by atoms with Gasteiger partial charge in [-0.3, -0.25) is 4.90 Å². The molecular formula is C29H36N6O2. The Morgan fingerprint density at radius 2 is 2.03 bits per heavy atom. The van der Waals surface area contributed by atoms with Gasteiger partial charge in [-0.05, 0) is 42.2 Å². The molecule has 8 heteroatoms. The molecule has 0 spiro atoms. The second-order valence-electron chi connectivity index (χ2n) is 9.56. The van der Waals surface area contributed by atoms with Crippen molar-refractivity contribution < 1.29 is 9.84 Å². The van der Waals surface area contributed by atoms with Crippen molar-refractivity contribution >= 4 is 39.3 Å². The molecule has 0 amide bonds. The molecule has 0 aliphatic carbocycles. The number of aliphatic hydroxyl groups excluding tert-OH is 1. The van der Waals surface area contributed by atoms with Crippen molar-refractivity contribution in [1.29, 1.82) is 0 Å². The summed E-state index contributed by atoms with van der Waals surface area (Å²) in [4.78, 5) is 11.5. The molecule has 3 heterocycles. The average Bonchev–Trinajstić information content (AvgIpc) is 3.22. The summed E-state index contributed by atoms with van der Waals surface area (Å²) >= 11 is 0. The van der Waals surface area contributed by atoms with Crippen LogP contribution in [0.1, 0.15) is 37.3 Å². The fraction of sp³-hybridized carbons (Fsp3) is 0.379. The number of ether oxygens (including phenoxy) is 1. The van der Waals surface area contributed by atoms with E-state index in [0.29, 0.717) is 13.1 Å². The number of anilines is 2. The molecule has 4 aromatic rings. The molecule has 37 heavy (non-hydrogen) atoms. The normalized spacial score (nSPS) is 14.3. The molecule has 1 aliphatic heterocycles. The zero-order valence-electron chi connectivity index (χ0n) is 21.7. The number of nitrogens with two attached hydrogens (primary N) is 1. The van der Waals surface area contributed by atoms with E-state index in [1.165, 1.54) is 11.1 Å². The molecule has 0 radical (unpaired) electrons. The number of hydrogen-bond acceptors (Lipinski definition) is 7. The number of fused-ring (bicyclic) bond motifs is 3. The molecule has 8 nitrogen and oxygen atoms in total. The molecule has 2 aromatic heterocycles. The minimum Gasteiger partial charge on any atom is -0.496 e. The van der Waals surface area contributed by atoms with Gasteiger partial charge in [0.1, 0.15) is 16.8 Å². The van der Waals surface area contributed by atoms with Crippen LogP contribution < -0.4 is 15.8 Å². The highest BCUT2D eigenvalue weighted by molar-refractivity contribution is 6.09. The lowest BCUT2D eigenvalue weighted by molar-refractivity contribution is 0.209. The second-order valence-corrected chi connectivity index (χ2v) is 9.56. The number of methoxy groups -OCH3 is 1. The van der Waals surface area contributed by atoms with E-state index in [-0.39, 0.29) is 12.6 Å². The maximum atomic E-state index is 9.41. The van der Waals surface area contributed by atoms with E-state index in [1.807, 2.05) is 6.07 Å². The Morgan fingerprint density at radius 3 is 2.84 bits per heavy atom. The quantitative estimate of drug-likeness (QED) is 0.275. The number of hydrogen-bond donors (Lipinski definition) is 3. The smallest absolute Gasteiger partial charge is 0.222 e. The van der Waals surface area contributed by atoms with E-state index >= 15 is 0 Å². The van der Waals surface area contributed by atoms with Gasteiger partial charge in [0.15, 0.2) is 5.82 Å². The summed E-state index contributed by atoms with van der Waals surface area (Å²) < 4.78 is 8.08. The van der Waals surface area contributed by atoms with Crippen LogP contribution in [0.25, 0.3) is 27.5 Å². The molecule has 4 N–H and O–H groups in total. The van der Waals surface area contributed by atoms with Gasteiger partial charge in [-0.15, -0.1) is 0 Å². The Kier molecular flexibility index (Phi) is 7.58. The largest absolute Gasteiger partial charge is 0.496 e. The fourth-order valence-electron chi connectivity index (χ4n) is 5.24. The van der Waals surface area contributed by atoms with Gasteiger partial charge in [0.25, 0.3) is 0 Å². The summed E-state index contributed by atoms with van der Waals surface area (Å²) in [6.45, 7) is 6.28. The summed E-state index contributed by atoms with van der Waals surface area (Å²) in [5.41, 5.74) is 12.6. The van der Waals surface area contributed by atoms with Gasteiger partial charge in [0, 0.05) is 37.1 Å². The van der Waals surface area contributed by atoms with Crippen LogP contribution >= 0.6 is 0 Å². The Hall–Kier alpha value is -3.62. The van der Waals surface area contributed by atoms with Crippen molar-refractivity contribution in [3.8, 4) is 5.75 Å². The standard InChI is InChI=1S/C29H36N6O2/c1-3-4-13-31-28-27-26(32-29(30)33-28)23-9-5-6-10-24(23)35(27)19-22-17-20(11-12-25(22)37-2)21-8-7-14-34(18-21)15-16-36/h5-6,8-12,17,36H,3-4,7,13-16,18-19H2,1-2H3,(H3,30,31,32,33). The van der Waals surface area contributed by atoms with Crippen molar-refractivity contribution in [2.24, 2.45) is 0 Å². The van der Waals surface area contributed by atoms with E-state index < -0.39 is 0 Å². The maximum Gasteiger partial charge on any atom is 0.222 e. The van der Waals surface area contributed by atoms with Gasteiger partial charge in [-0.25, -0.2) is 4.98 Å². The molecule has 0 unspecified atom stereocenters. The summed E-state index contributed by atoms with van der Waals surface area (Å²) in [5.74, 6) is 1.87. The molecule has 2 aromatic carbocycles. The Balaban J connectivity index is 1.61. The number of aliphatic hydroxyl groups is 1. The zero-order chi connectivity index (χ0) is 25.8. The van der Waals surface area contributed by atoms with Crippen molar-refractivity contribution in [3.63, 3.8) is 0 Å². The predicted octanol–water partition coefficient (Wildman–Crippen LogP) is 4.52. The third-order valence-corrected chi connectivity index (χ3v) is 7.07. The highest BCUT2D eigenvalue weighted by atomic mass is 16.5. The Labute approximate surface area is 217 Å². The van der Waals surface area contributed by atoms with Crippen molar-refractivity contribution in [2.75, 3.05) is 50.9 Å². The van der Waals surface area contributed by atoms with Gasteiger partial charge < -0.3 is 25.5 Å². The van der Waals surface area contributed by atoms with Crippen LogP contribution in [0.2, 0.25) is 0 Å². The van der Waals surface area contributed by atoms with Gasteiger partial charge in [0.2, 0.25) is 5.95 Å². The molecule has 1 aliphatic rings. The Bertz CT molecular complexity index is 1430. The van der Waals surface area contributed by atoms with Crippen LogP contribution in [-0.4, -0.2) is 64.4 Å². The second kappa shape index (κ2) is 11.2. The van der Waals surface area contributed by atoms with Crippen molar-refractivity contribution in [3.05, 3.63) is 59.7 Å². The third kappa shape index (κ3) is 5.12. The van der Waals surface area contributed by atoms with Crippen LogP contribution in [0.15, 0.2) is 48.5 Å². The number of nitrogens with zero attached hydrogens (tertiary/aromatic N) is 4. The summed E-state index contributed by atoms with van der Waals surface area (Å²) in [7, 11) is 1.72. The summed E-state index contributed by atoms with van der Waals surface area (Å²) in [6, 6.07) is 14.7. The molecule has 194 valence electrons. The predicted molar refractivity (Wildman–Crippen MR) is 151 cm³/mol. The third-order valence-electron chi connectivity index (χ3n) is 7.07. The lowest BCUT2D eigenvalue weighted by Gasteiger charge is -2.27. The minimum atomic E-state index is 0.177. The molecule has 0 bridgehead atoms. The van der Waals surface area contributed by atoms with E-state index in [2.05, 4.69) is 74.1 Å². The minimum absolute atomic E-state index is 0.177. The van der Waals surface area contributed by atoms with Gasteiger partial charge in [-0.1, -0.05) is 43.7 Å². The first-order chi connectivity index (χ1) is 18.1. The van der Waals surface area contributed by atoms with Crippen LogP contribution in [0.5, 0.6) is 5.75 Å². The topological polar surface area (TPSA) is 101 Å². The molecule has 0 atom stereocenters. The highest BCUT2D eigenvalue weighted by Crippen LogP contribution is 2.35. The van der Waals surface area contributed by atoms with E-state index in [1.54, 1.807) is 7.11 Å². The lowest BCUT2D eigenvalue weighted by atomic mass is 9.98. The number of benzene rings is 2. The van der Waals surface area contributed by atoms with Crippen LogP contribution in [0.4, 0.5) is 11.8 Å².